The molecule has 0 saturated carbocycles. The van der Waals surface area contributed by atoms with Gasteiger partial charge in [-0.3, -0.25) is 18.6 Å². The van der Waals surface area contributed by atoms with Gasteiger partial charge in [0.1, 0.15) is 6.61 Å². The van der Waals surface area contributed by atoms with Crippen LogP contribution in [0, 0.1) is 0 Å². The first-order valence-corrected chi connectivity index (χ1v) is 22.1. The van der Waals surface area contributed by atoms with Gasteiger partial charge in [-0.1, -0.05) is 160 Å². The molecular formula is C41H77O8P. The lowest BCUT2D eigenvalue weighted by Gasteiger charge is -2.19. The lowest BCUT2D eigenvalue weighted by molar-refractivity contribution is -0.161. The van der Waals surface area contributed by atoms with Crippen molar-refractivity contribution in [3.63, 3.8) is 0 Å². The summed E-state index contributed by atoms with van der Waals surface area (Å²) in [5, 5.41) is 0. The highest BCUT2D eigenvalue weighted by molar-refractivity contribution is 7.47. The van der Waals surface area contributed by atoms with Crippen molar-refractivity contribution in [3.05, 3.63) is 24.3 Å². The number of phosphoric acid groups is 1. The van der Waals surface area contributed by atoms with Crippen LogP contribution < -0.4 is 0 Å². The van der Waals surface area contributed by atoms with Gasteiger partial charge in [-0.15, -0.1) is 0 Å². The molecule has 0 aromatic rings. The van der Waals surface area contributed by atoms with Crippen molar-refractivity contribution in [2.45, 2.75) is 207 Å². The average molecular weight is 729 g/mol. The van der Waals surface area contributed by atoms with Crippen molar-refractivity contribution in [1.82, 2.24) is 0 Å². The first-order chi connectivity index (χ1) is 24.3. The fourth-order valence-electron chi connectivity index (χ4n) is 5.72. The first-order valence-electron chi connectivity index (χ1n) is 20.6. The second-order valence-corrected chi connectivity index (χ2v) is 15.1. The number of phosphoric ester groups is 1. The van der Waals surface area contributed by atoms with E-state index in [4.69, 9.17) is 18.5 Å². The van der Waals surface area contributed by atoms with Crippen LogP contribution in [0.5, 0.6) is 0 Å². The summed E-state index contributed by atoms with van der Waals surface area (Å²) in [7, 11) is -4.28. The molecule has 0 aliphatic carbocycles. The summed E-state index contributed by atoms with van der Waals surface area (Å²) in [6.07, 6.45) is 39.4. The normalized spacial score (nSPS) is 13.6. The summed E-state index contributed by atoms with van der Waals surface area (Å²) in [6.45, 7) is 5.44. The number of hydrogen-bond donors (Lipinski definition) is 1. The summed E-state index contributed by atoms with van der Waals surface area (Å²) in [5.41, 5.74) is 0. The van der Waals surface area contributed by atoms with E-state index in [0.29, 0.717) is 12.8 Å². The Morgan fingerprint density at radius 3 is 1.46 bits per heavy atom. The molecule has 0 bridgehead atoms. The van der Waals surface area contributed by atoms with Crippen molar-refractivity contribution in [2.24, 2.45) is 0 Å². The molecule has 0 aromatic carbocycles. The van der Waals surface area contributed by atoms with E-state index >= 15 is 0 Å². The Bertz CT molecular complexity index is 875. The van der Waals surface area contributed by atoms with Crippen LogP contribution in [0.2, 0.25) is 0 Å². The minimum absolute atomic E-state index is 0.000697. The predicted octanol–water partition coefficient (Wildman–Crippen LogP) is 12.7. The highest BCUT2D eigenvalue weighted by atomic mass is 31.2. The van der Waals surface area contributed by atoms with E-state index in [1.807, 2.05) is 0 Å². The van der Waals surface area contributed by atoms with Gasteiger partial charge in [0.25, 0.3) is 0 Å². The molecule has 0 radical (unpaired) electrons. The smallest absolute Gasteiger partial charge is 0.462 e. The van der Waals surface area contributed by atoms with E-state index in [0.717, 1.165) is 57.8 Å². The molecule has 0 heterocycles. The maximum Gasteiger partial charge on any atom is 0.472 e. The third kappa shape index (κ3) is 36.3. The molecule has 1 N–H and O–H groups in total. The van der Waals surface area contributed by atoms with E-state index in [9.17, 15) is 19.0 Å². The number of carbonyl (C=O) groups is 2. The molecule has 0 rings (SSSR count). The Labute approximate surface area is 307 Å². The number of ether oxygens (including phenoxy) is 2. The molecule has 50 heavy (non-hydrogen) atoms. The number of hydrogen-bond acceptors (Lipinski definition) is 7. The van der Waals surface area contributed by atoms with Gasteiger partial charge in [-0.05, 0) is 51.9 Å². The van der Waals surface area contributed by atoms with Gasteiger partial charge < -0.3 is 14.4 Å². The van der Waals surface area contributed by atoms with Crippen LogP contribution in [-0.2, 0) is 32.7 Å². The largest absolute Gasteiger partial charge is 0.472 e. The SMILES string of the molecule is CCCCC/C=C\C/C=C\CCCCCCCC(=O)O[C@H](COC(=O)CCCCCCCCCCCCCCCCC)COP(=O)(O)OCC. The van der Waals surface area contributed by atoms with Gasteiger partial charge in [-0.25, -0.2) is 4.57 Å². The van der Waals surface area contributed by atoms with E-state index in [1.165, 1.54) is 103 Å². The molecule has 0 aliphatic heterocycles. The molecule has 0 saturated heterocycles. The predicted molar refractivity (Wildman–Crippen MR) is 207 cm³/mol. The number of esters is 2. The van der Waals surface area contributed by atoms with Crippen LogP contribution in [-0.4, -0.2) is 42.8 Å². The third-order valence-corrected chi connectivity index (χ3v) is 9.82. The van der Waals surface area contributed by atoms with Gasteiger partial charge in [0.2, 0.25) is 0 Å². The quantitative estimate of drug-likeness (QED) is 0.0290. The number of rotatable bonds is 38. The van der Waals surface area contributed by atoms with Crippen LogP contribution in [0.15, 0.2) is 24.3 Å². The molecule has 0 aromatic heterocycles. The molecule has 0 amide bonds. The zero-order valence-electron chi connectivity index (χ0n) is 32.6. The van der Waals surface area contributed by atoms with Crippen LogP contribution >= 0.6 is 7.82 Å². The van der Waals surface area contributed by atoms with Crippen LogP contribution in [0.25, 0.3) is 0 Å². The maximum absolute atomic E-state index is 12.5. The van der Waals surface area contributed by atoms with Gasteiger partial charge >= 0.3 is 19.8 Å². The van der Waals surface area contributed by atoms with E-state index in [2.05, 4.69) is 38.2 Å². The summed E-state index contributed by atoms with van der Waals surface area (Å²) in [4.78, 5) is 34.7. The Morgan fingerprint density at radius 1 is 0.540 bits per heavy atom. The highest BCUT2D eigenvalue weighted by Crippen LogP contribution is 2.43. The zero-order valence-corrected chi connectivity index (χ0v) is 33.5. The average Bonchev–Trinajstić information content (AvgIpc) is 3.09. The first kappa shape index (κ1) is 48.5. The Hall–Kier alpha value is -1.47. The fourth-order valence-corrected chi connectivity index (χ4v) is 6.47. The molecule has 8 nitrogen and oxygen atoms in total. The highest BCUT2D eigenvalue weighted by Gasteiger charge is 2.25. The third-order valence-electron chi connectivity index (χ3n) is 8.76. The van der Waals surface area contributed by atoms with Crippen molar-refractivity contribution in [1.29, 1.82) is 0 Å². The summed E-state index contributed by atoms with van der Waals surface area (Å²) in [6, 6.07) is 0. The zero-order chi connectivity index (χ0) is 36.8. The van der Waals surface area contributed by atoms with Crippen LogP contribution in [0.1, 0.15) is 201 Å². The standard InChI is InChI=1S/C41H77O8P/c1-4-7-9-11-13-15-17-19-21-23-25-27-29-31-33-35-40(42)46-37-39(38-48-50(44,45)47-6-3)49-41(43)36-34-32-30-28-26-24-22-20-18-16-14-12-10-8-5-2/h14,16,20,22,39H,4-13,15,17-19,21,23-38H2,1-3H3,(H,44,45)/b16-14-,22-20-/t39-/m1/s1. The van der Waals surface area contributed by atoms with Gasteiger partial charge in [0.15, 0.2) is 6.10 Å². The molecule has 9 heteroatoms. The molecule has 0 aliphatic rings. The Balaban J connectivity index is 4.11. The Kier molecular flexibility index (Phi) is 36.2. The van der Waals surface area contributed by atoms with Crippen molar-refractivity contribution < 1.29 is 37.6 Å². The topological polar surface area (TPSA) is 108 Å². The lowest BCUT2D eigenvalue weighted by Crippen LogP contribution is -2.29. The summed E-state index contributed by atoms with van der Waals surface area (Å²) >= 11 is 0. The second kappa shape index (κ2) is 37.3. The van der Waals surface area contributed by atoms with Crippen molar-refractivity contribution in [3.8, 4) is 0 Å². The van der Waals surface area contributed by atoms with E-state index in [-0.39, 0.29) is 25.6 Å². The minimum Gasteiger partial charge on any atom is -0.462 e. The van der Waals surface area contributed by atoms with Crippen LogP contribution in [0.4, 0.5) is 0 Å². The maximum atomic E-state index is 12.5. The molecule has 294 valence electrons. The van der Waals surface area contributed by atoms with E-state index < -0.39 is 26.5 Å². The minimum atomic E-state index is -4.28. The van der Waals surface area contributed by atoms with Gasteiger partial charge in [0, 0.05) is 12.8 Å². The number of unbranched alkanes of at least 4 members (excludes halogenated alkanes) is 22. The summed E-state index contributed by atoms with van der Waals surface area (Å²) < 4.78 is 32.6. The molecule has 2 atom stereocenters. The molecule has 0 fully saturated rings. The second-order valence-electron chi connectivity index (χ2n) is 13.7. The number of allylic oxidation sites excluding steroid dienone is 4. The molecule has 0 spiro atoms. The van der Waals surface area contributed by atoms with Crippen molar-refractivity contribution >= 4 is 19.8 Å². The van der Waals surface area contributed by atoms with Gasteiger partial charge in [0.05, 0.1) is 13.2 Å². The van der Waals surface area contributed by atoms with Crippen molar-refractivity contribution in [2.75, 3.05) is 19.8 Å². The fraction of sp³-hybridized carbons (Fsp3) is 0.854. The monoisotopic (exact) mass is 729 g/mol. The van der Waals surface area contributed by atoms with Gasteiger partial charge in [-0.2, -0.15) is 0 Å². The molecular weight excluding hydrogens is 651 g/mol. The number of carbonyl (C=O) groups excluding carboxylic acids is 2. The van der Waals surface area contributed by atoms with Crippen LogP contribution in [0.3, 0.4) is 0 Å². The lowest BCUT2D eigenvalue weighted by atomic mass is 10.0. The Morgan fingerprint density at radius 2 is 0.960 bits per heavy atom. The summed E-state index contributed by atoms with van der Waals surface area (Å²) in [5.74, 6) is -0.807. The molecule has 1 unspecified atom stereocenters. The van der Waals surface area contributed by atoms with E-state index in [1.54, 1.807) is 6.92 Å².